The number of aliphatic hydroxyl groups is 1. The van der Waals surface area contributed by atoms with Gasteiger partial charge in [-0.05, 0) is 60.4 Å². The zero-order valence-corrected chi connectivity index (χ0v) is 24.4. The van der Waals surface area contributed by atoms with E-state index in [1.807, 2.05) is 44.2 Å². The Morgan fingerprint density at radius 3 is 2.33 bits per heavy atom. The summed E-state index contributed by atoms with van der Waals surface area (Å²) in [6, 6.07) is 19.6. The number of aliphatic hydroxyl groups excluding tert-OH is 1. The first kappa shape index (κ1) is 30.8. The predicted octanol–water partition coefficient (Wildman–Crippen LogP) is 3.56. The number of carbonyl (C=O) groups is 1. The number of phenolic OH excluding ortho intramolecular Hbond substituents is 1. The lowest BCUT2D eigenvalue weighted by molar-refractivity contribution is 0.0773. The van der Waals surface area contributed by atoms with E-state index in [9.17, 15) is 28.2 Å². The van der Waals surface area contributed by atoms with Gasteiger partial charge in [-0.1, -0.05) is 44.2 Å². The zero-order valence-electron chi connectivity index (χ0n) is 23.6. The highest BCUT2D eigenvalue weighted by atomic mass is 32.2. The van der Waals surface area contributed by atoms with Gasteiger partial charge < -0.3 is 24.7 Å². The Kier molecular flexibility index (Phi) is 9.66. The number of nitrogens with one attached hydrogen (secondary N) is 1. The normalized spacial score (nSPS) is 13.3. The van der Waals surface area contributed by atoms with Crippen molar-refractivity contribution in [2.24, 2.45) is 5.92 Å². The number of hydrogen-bond donors (Lipinski definition) is 3. The number of nitrogens with zero attached hydrogens (tertiary/aromatic N) is 1. The van der Waals surface area contributed by atoms with Gasteiger partial charge >= 0.3 is 5.63 Å². The number of carbonyl (C=O) groups excluding carboxylic acids is 1. The first-order valence-corrected chi connectivity index (χ1v) is 14.9. The lowest BCUT2D eigenvalue weighted by Gasteiger charge is -2.30. The lowest BCUT2D eigenvalue weighted by Crippen LogP contribution is -2.51. The van der Waals surface area contributed by atoms with E-state index in [0.29, 0.717) is 11.1 Å². The molecule has 3 aromatic carbocycles. The van der Waals surface area contributed by atoms with Crippen molar-refractivity contribution in [2.75, 3.05) is 20.2 Å². The molecule has 4 rings (SSSR count). The van der Waals surface area contributed by atoms with Crippen LogP contribution in [0, 0.1) is 5.92 Å². The maximum absolute atomic E-state index is 13.6. The van der Waals surface area contributed by atoms with Crippen LogP contribution >= 0.6 is 0 Å². The molecular formula is C31H34N2O8S. The molecule has 1 amide bonds. The molecule has 2 atom stereocenters. The molecule has 0 saturated carbocycles. The smallest absolute Gasteiger partial charge is 0.349 e. The second-order valence-electron chi connectivity index (χ2n) is 10.4. The number of hydrogen-bond acceptors (Lipinski definition) is 8. The highest BCUT2D eigenvalue weighted by Crippen LogP contribution is 2.22. The van der Waals surface area contributed by atoms with E-state index in [1.165, 1.54) is 47.8 Å². The topological polar surface area (TPSA) is 146 Å². The van der Waals surface area contributed by atoms with E-state index in [-0.39, 0.29) is 47.2 Å². The van der Waals surface area contributed by atoms with Crippen LogP contribution in [0.15, 0.2) is 93.0 Å². The van der Waals surface area contributed by atoms with Crippen molar-refractivity contribution in [1.82, 2.24) is 9.62 Å². The van der Waals surface area contributed by atoms with Gasteiger partial charge in [0.25, 0.3) is 5.91 Å². The highest BCUT2D eigenvalue weighted by molar-refractivity contribution is 7.89. The maximum atomic E-state index is 13.6. The molecule has 0 unspecified atom stereocenters. The summed E-state index contributed by atoms with van der Waals surface area (Å²) in [6.45, 7) is 3.55. The average molecular weight is 595 g/mol. The average Bonchev–Trinajstić information content (AvgIpc) is 2.96. The minimum atomic E-state index is -4.02. The Bertz CT molecular complexity index is 1690. The van der Waals surface area contributed by atoms with Crippen molar-refractivity contribution >= 4 is 26.9 Å². The van der Waals surface area contributed by atoms with Crippen LogP contribution in [0.1, 0.15) is 29.8 Å². The molecule has 1 heterocycles. The summed E-state index contributed by atoms with van der Waals surface area (Å²) in [5, 5.41) is 24.3. The number of amides is 1. The first-order valence-electron chi connectivity index (χ1n) is 13.4. The van der Waals surface area contributed by atoms with Crippen LogP contribution in [-0.2, 0) is 16.4 Å². The molecule has 0 bridgehead atoms. The second kappa shape index (κ2) is 13.2. The van der Waals surface area contributed by atoms with Gasteiger partial charge in [0.1, 0.15) is 22.6 Å². The van der Waals surface area contributed by atoms with E-state index < -0.39 is 33.7 Å². The Labute approximate surface area is 244 Å². The van der Waals surface area contributed by atoms with E-state index in [2.05, 4.69) is 5.32 Å². The third-order valence-electron chi connectivity index (χ3n) is 6.70. The van der Waals surface area contributed by atoms with Gasteiger partial charge in [0.15, 0.2) is 0 Å². The number of sulfonamides is 1. The number of fused-ring (bicyclic) bond motifs is 1. The number of methoxy groups -OCH3 is 1. The van der Waals surface area contributed by atoms with Crippen molar-refractivity contribution in [3.63, 3.8) is 0 Å². The molecule has 0 spiro atoms. The molecule has 0 fully saturated rings. The largest absolute Gasteiger partial charge is 0.508 e. The van der Waals surface area contributed by atoms with Gasteiger partial charge in [0, 0.05) is 24.5 Å². The first-order chi connectivity index (χ1) is 20.0. The second-order valence-corrected chi connectivity index (χ2v) is 12.3. The number of phenols is 1. The minimum absolute atomic E-state index is 0.0413. The molecule has 222 valence electrons. The van der Waals surface area contributed by atoms with Crippen molar-refractivity contribution < 1.29 is 32.6 Å². The summed E-state index contributed by atoms with van der Waals surface area (Å²) in [4.78, 5) is 26.1. The monoisotopic (exact) mass is 594 g/mol. The minimum Gasteiger partial charge on any atom is -0.508 e. The van der Waals surface area contributed by atoms with Crippen LogP contribution in [-0.4, -0.2) is 61.2 Å². The lowest BCUT2D eigenvalue weighted by atomic mass is 10.0. The third-order valence-corrected chi connectivity index (χ3v) is 8.55. The fraction of sp³-hybridized carbons (Fsp3) is 0.290. The summed E-state index contributed by atoms with van der Waals surface area (Å²) < 4.78 is 38.9. The van der Waals surface area contributed by atoms with Crippen LogP contribution < -0.4 is 15.7 Å². The molecule has 3 N–H and O–H groups in total. The van der Waals surface area contributed by atoms with E-state index in [0.717, 1.165) is 5.56 Å². The van der Waals surface area contributed by atoms with Crippen LogP contribution in [0.25, 0.3) is 11.0 Å². The fourth-order valence-corrected chi connectivity index (χ4v) is 6.19. The van der Waals surface area contributed by atoms with Gasteiger partial charge in [-0.3, -0.25) is 4.79 Å². The number of aromatic hydroxyl groups is 1. The quantitative estimate of drug-likeness (QED) is 0.211. The molecule has 4 aromatic rings. The predicted molar refractivity (Wildman–Crippen MR) is 158 cm³/mol. The molecule has 0 aliphatic heterocycles. The Hall–Kier alpha value is -4.19. The zero-order chi connectivity index (χ0) is 30.4. The van der Waals surface area contributed by atoms with Crippen LogP contribution in [0.4, 0.5) is 0 Å². The highest BCUT2D eigenvalue weighted by Gasteiger charge is 2.32. The third kappa shape index (κ3) is 7.35. The Morgan fingerprint density at radius 1 is 1.00 bits per heavy atom. The maximum Gasteiger partial charge on any atom is 0.349 e. The van der Waals surface area contributed by atoms with Gasteiger partial charge in [-0.2, -0.15) is 4.31 Å². The molecule has 10 nitrogen and oxygen atoms in total. The van der Waals surface area contributed by atoms with Crippen molar-refractivity contribution in [2.45, 2.75) is 37.3 Å². The van der Waals surface area contributed by atoms with Gasteiger partial charge in [-0.15, -0.1) is 0 Å². The van der Waals surface area contributed by atoms with E-state index in [4.69, 9.17) is 9.15 Å². The van der Waals surface area contributed by atoms with Crippen molar-refractivity contribution in [1.29, 1.82) is 0 Å². The Balaban J connectivity index is 1.64. The standard InChI is InChI=1S/C31H34N2O8S/c1-20(2)18-33(42(38,39)25-13-11-24(40-3)12-14-25)19-28(35)27(15-21-7-5-4-6-8-21)32-30(36)26-16-22-9-10-23(34)17-29(22)41-31(26)37/h4-14,16-17,20,27-28,34-35H,15,18-19H2,1-3H3,(H,32,36)/t27-,28+/m0/s1. The SMILES string of the molecule is COc1ccc(S(=O)(=O)N(CC(C)C)C[C@@H](O)[C@H](Cc2ccccc2)NC(=O)c2cc3ccc(O)cc3oc2=O)cc1. The molecule has 0 aliphatic carbocycles. The number of benzene rings is 3. The van der Waals surface area contributed by atoms with Gasteiger partial charge in [-0.25, -0.2) is 13.2 Å². The van der Waals surface area contributed by atoms with Crippen molar-refractivity contribution in [3.8, 4) is 11.5 Å². The van der Waals surface area contributed by atoms with Crippen LogP contribution in [0.3, 0.4) is 0 Å². The summed E-state index contributed by atoms with van der Waals surface area (Å²) in [5.41, 5.74) is -0.299. The van der Waals surface area contributed by atoms with E-state index in [1.54, 1.807) is 12.1 Å². The molecule has 1 aromatic heterocycles. The Morgan fingerprint density at radius 2 is 1.69 bits per heavy atom. The molecule has 11 heteroatoms. The number of rotatable bonds is 12. The van der Waals surface area contributed by atoms with Crippen LogP contribution in [0.5, 0.6) is 11.5 Å². The van der Waals surface area contributed by atoms with Crippen LogP contribution in [0.2, 0.25) is 0 Å². The van der Waals surface area contributed by atoms with E-state index >= 15 is 0 Å². The number of ether oxygens (including phenoxy) is 1. The summed E-state index contributed by atoms with van der Waals surface area (Å²) in [6.07, 6.45) is -1.18. The molecule has 0 radical (unpaired) electrons. The fourth-order valence-electron chi connectivity index (χ4n) is 4.57. The molecule has 42 heavy (non-hydrogen) atoms. The molecule has 0 saturated heterocycles. The molecule has 0 aliphatic rings. The van der Waals surface area contributed by atoms with Gasteiger partial charge in [0.2, 0.25) is 10.0 Å². The molecular weight excluding hydrogens is 560 g/mol. The summed E-state index contributed by atoms with van der Waals surface area (Å²) in [5.74, 6) is -0.435. The van der Waals surface area contributed by atoms with Gasteiger partial charge in [0.05, 0.1) is 24.2 Å². The van der Waals surface area contributed by atoms with Crippen molar-refractivity contribution in [3.05, 3.63) is 100 Å². The summed E-state index contributed by atoms with van der Waals surface area (Å²) >= 11 is 0. The summed E-state index contributed by atoms with van der Waals surface area (Å²) in [7, 11) is -2.53.